The van der Waals surface area contributed by atoms with Crippen molar-refractivity contribution in [2.45, 2.75) is 19.8 Å². The molecule has 0 radical (unpaired) electrons. The Morgan fingerprint density at radius 1 is 1.33 bits per heavy atom. The van der Waals surface area contributed by atoms with Gasteiger partial charge in [0.2, 0.25) is 0 Å². The van der Waals surface area contributed by atoms with Gasteiger partial charge in [0.15, 0.2) is 0 Å². The second-order valence-corrected chi connectivity index (χ2v) is 4.38. The van der Waals surface area contributed by atoms with E-state index in [0.29, 0.717) is 0 Å². The third kappa shape index (κ3) is 2.20. The average Bonchev–Trinajstić information content (AvgIpc) is 2.78. The largest absolute Gasteiger partial charge is 0.315 e. The van der Waals surface area contributed by atoms with Gasteiger partial charge in [0, 0.05) is 19.6 Å². The van der Waals surface area contributed by atoms with Crippen molar-refractivity contribution in [2.24, 2.45) is 11.8 Å². The van der Waals surface area contributed by atoms with Crippen molar-refractivity contribution in [1.82, 2.24) is 10.2 Å². The van der Waals surface area contributed by atoms with Crippen LogP contribution >= 0.6 is 0 Å². The first-order valence-electron chi connectivity index (χ1n) is 5.29. The minimum absolute atomic E-state index is 1.02. The molecule has 2 atom stereocenters. The first-order valence-corrected chi connectivity index (χ1v) is 5.29. The summed E-state index contributed by atoms with van der Waals surface area (Å²) in [6, 6.07) is 0. The number of nitrogens with one attached hydrogen (secondary N) is 1. The van der Waals surface area contributed by atoms with E-state index < -0.39 is 0 Å². The Morgan fingerprint density at radius 3 is 2.92 bits per heavy atom. The molecule has 2 fully saturated rings. The van der Waals surface area contributed by atoms with Crippen molar-refractivity contribution in [1.29, 1.82) is 0 Å². The van der Waals surface area contributed by atoms with Crippen molar-refractivity contribution in [3.8, 4) is 0 Å². The van der Waals surface area contributed by atoms with Crippen molar-refractivity contribution < 1.29 is 0 Å². The van der Waals surface area contributed by atoms with Crippen LogP contribution in [0.3, 0.4) is 0 Å². The molecule has 1 N–H and O–H groups in total. The predicted molar refractivity (Wildman–Crippen MR) is 51.2 cm³/mol. The standard InChI is InChI=1S/C10H20N2/c1-9-7-10(9)8-12-5-2-3-11-4-6-12/h9-11H,2-8H2,1H3/t9-,10+/m0/s1. The number of rotatable bonds is 2. The van der Waals surface area contributed by atoms with Crippen LogP contribution in [0.2, 0.25) is 0 Å². The maximum atomic E-state index is 3.44. The van der Waals surface area contributed by atoms with Crippen LogP contribution in [0.1, 0.15) is 19.8 Å². The van der Waals surface area contributed by atoms with Gasteiger partial charge >= 0.3 is 0 Å². The van der Waals surface area contributed by atoms with E-state index in [2.05, 4.69) is 17.1 Å². The third-order valence-corrected chi connectivity index (χ3v) is 3.20. The second-order valence-electron chi connectivity index (χ2n) is 4.38. The maximum absolute atomic E-state index is 3.44. The highest BCUT2D eigenvalue weighted by atomic mass is 15.2. The summed E-state index contributed by atoms with van der Waals surface area (Å²) in [5.41, 5.74) is 0. The zero-order chi connectivity index (χ0) is 8.39. The van der Waals surface area contributed by atoms with E-state index in [0.717, 1.165) is 11.8 Å². The van der Waals surface area contributed by atoms with E-state index in [1.54, 1.807) is 0 Å². The molecule has 12 heavy (non-hydrogen) atoms. The quantitative estimate of drug-likeness (QED) is 0.660. The lowest BCUT2D eigenvalue weighted by molar-refractivity contribution is 0.276. The van der Waals surface area contributed by atoms with Gasteiger partial charge in [-0.05, 0) is 37.8 Å². The first-order chi connectivity index (χ1) is 5.86. The summed E-state index contributed by atoms with van der Waals surface area (Å²) in [6.07, 6.45) is 2.81. The van der Waals surface area contributed by atoms with Crippen LogP contribution in [-0.4, -0.2) is 37.6 Å². The predicted octanol–water partition coefficient (Wildman–Crippen LogP) is 0.938. The summed E-state index contributed by atoms with van der Waals surface area (Å²) >= 11 is 0. The van der Waals surface area contributed by atoms with Crippen LogP contribution in [-0.2, 0) is 0 Å². The average molecular weight is 168 g/mol. The molecule has 1 aliphatic carbocycles. The summed E-state index contributed by atoms with van der Waals surface area (Å²) in [4.78, 5) is 2.63. The zero-order valence-electron chi connectivity index (χ0n) is 8.05. The van der Waals surface area contributed by atoms with Gasteiger partial charge in [0.25, 0.3) is 0 Å². The van der Waals surface area contributed by atoms with Crippen LogP contribution in [0.4, 0.5) is 0 Å². The molecule has 2 aliphatic rings. The van der Waals surface area contributed by atoms with Gasteiger partial charge in [-0.25, -0.2) is 0 Å². The highest BCUT2D eigenvalue weighted by Gasteiger charge is 2.33. The van der Waals surface area contributed by atoms with Gasteiger partial charge in [-0.2, -0.15) is 0 Å². The molecule has 0 bridgehead atoms. The lowest BCUT2D eigenvalue weighted by Gasteiger charge is -2.18. The van der Waals surface area contributed by atoms with Crippen LogP contribution in [0.15, 0.2) is 0 Å². The minimum atomic E-state index is 1.02. The van der Waals surface area contributed by atoms with E-state index in [1.165, 1.54) is 45.6 Å². The van der Waals surface area contributed by atoms with Gasteiger partial charge in [-0.15, -0.1) is 0 Å². The Kier molecular flexibility index (Phi) is 2.66. The third-order valence-electron chi connectivity index (χ3n) is 3.20. The van der Waals surface area contributed by atoms with Crippen LogP contribution in [0.25, 0.3) is 0 Å². The Bertz CT molecular complexity index is 139. The minimum Gasteiger partial charge on any atom is -0.315 e. The fourth-order valence-electron chi connectivity index (χ4n) is 2.07. The topological polar surface area (TPSA) is 15.3 Å². The molecular weight excluding hydrogens is 148 g/mol. The fourth-order valence-corrected chi connectivity index (χ4v) is 2.07. The van der Waals surface area contributed by atoms with Gasteiger partial charge in [-0.1, -0.05) is 6.92 Å². The van der Waals surface area contributed by atoms with Crippen molar-refractivity contribution >= 4 is 0 Å². The monoisotopic (exact) mass is 168 g/mol. The Hall–Kier alpha value is -0.0800. The van der Waals surface area contributed by atoms with Crippen molar-refractivity contribution in [3.63, 3.8) is 0 Å². The molecule has 0 unspecified atom stereocenters. The summed E-state index contributed by atoms with van der Waals surface area (Å²) in [5.74, 6) is 2.05. The van der Waals surface area contributed by atoms with E-state index in [1.807, 2.05) is 0 Å². The van der Waals surface area contributed by atoms with E-state index >= 15 is 0 Å². The molecule has 1 aliphatic heterocycles. The summed E-state index contributed by atoms with van der Waals surface area (Å²) in [6.45, 7) is 8.74. The second kappa shape index (κ2) is 3.75. The molecule has 0 aromatic rings. The molecule has 2 heteroatoms. The number of hydrogen-bond acceptors (Lipinski definition) is 2. The Morgan fingerprint density at radius 2 is 2.17 bits per heavy atom. The van der Waals surface area contributed by atoms with E-state index in [9.17, 15) is 0 Å². The molecule has 2 nitrogen and oxygen atoms in total. The molecule has 1 heterocycles. The smallest absolute Gasteiger partial charge is 0.0107 e. The molecule has 70 valence electrons. The highest BCUT2D eigenvalue weighted by molar-refractivity contribution is 4.85. The molecule has 0 aromatic carbocycles. The highest BCUT2D eigenvalue weighted by Crippen LogP contribution is 2.38. The summed E-state index contributed by atoms with van der Waals surface area (Å²) < 4.78 is 0. The lowest BCUT2D eigenvalue weighted by atomic mass is 10.3. The van der Waals surface area contributed by atoms with E-state index in [4.69, 9.17) is 0 Å². The normalized spacial score (nSPS) is 37.8. The molecule has 2 rings (SSSR count). The molecule has 1 saturated heterocycles. The van der Waals surface area contributed by atoms with Gasteiger partial charge in [0.1, 0.15) is 0 Å². The molecule has 1 saturated carbocycles. The van der Waals surface area contributed by atoms with Crippen LogP contribution < -0.4 is 5.32 Å². The summed E-state index contributed by atoms with van der Waals surface area (Å²) in [5, 5.41) is 3.44. The van der Waals surface area contributed by atoms with Gasteiger partial charge in [0.05, 0.1) is 0 Å². The van der Waals surface area contributed by atoms with E-state index in [-0.39, 0.29) is 0 Å². The molecule has 0 aromatic heterocycles. The molecule has 0 spiro atoms. The molecule has 0 amide bonds. The SMILES string of the molecule is C[C@H]1C[C@@H]1CN1CCCNCC1. The van der Waals surface area contributed by atoms with Crippen molar-refractivity contribution in [2.75, 3.05) is 32.7 Å². The van der Waals surface area contributed by atoms with Crippen molar-refractivity contribution in [3.05, 3.63) is 0 Å². The fraction of sp³-hybridized carbons (Fsp3) is 1.00. The zero-order valence-corrected chi connectivity index (χ0v) is 8.05. The lowest BCUT2D eigenvalue weighted by Crippen LogP contribution is -2.30. The summed E-state index contributed by atoms with van der Waals surface area (Å²) in [7, 11) is 0. The molecular formula is C10H20N2. The Labute approximate surface area is 75.3 Å². The number of nitrogens with zero attached hydrogens (tertiary/aromatic N) is 1. The van der Waals surface area contributed by atoms with Gasteiger partial charge in [-0.3, -0.25) is 0 Å². The Balaban J connectivity index is 1.71. The maximum Gasteiger partial charge on any atom is 0.0107 e. The first kappa shape index (κ1) is 8.52. The number of hydrogen-bond donors (Lipinski definition) is 1. The van der Waals surface area contributed by atoms with Gasteiger partial charge < -0.3 is 10.2 Å². The van der Waals surface area contributed by atoms with Crippen LogP contribution in [0.5, 0.6) is 0 Å². The van der Waals surface area contributed by atoms with Crippen LogP contribution in [0, 0.1) is 11.8 Å².